The molecule has 0 saturated heterocycles. The van der Waals surface area contributed by atoms with Crippen LogP contribution in [0.2, 0.25) is 0 Å². The molecule has 1 heterocycles. The second kappa shape index (κ2) is 6.22. The number of nitrogens with zero attached hydrogens (tertiary/aromatic N) is 1. The third-order valence-electron chi connectivity index (χ3n) is 4.07. The Morgan fingerprint density at radius 2 is 1.91 bits per heavy atom. The fraction of sp³-hybridized carbons (Fsp3) is 0.316. The van der Waals surface area contributed by atoms with Crippen LogP contribution in [0.4, 0.5) is 5.69 Å². The lowest BCUT2D eigenvalue weighted by atomic mass is 10.1. The van der Waals surface area contributed by atoms with Crippen molar-refractivity contribution in [3.63, 3.8) is 0 Å². The summed E-state index contributed by atoms with van der Waals surface area (Å²) in [4.78, 5) is 14.6. The Bertz CT molecular complexity index is 663. The number of carbonyl (C=O) groups excluding carboxylic acids is 1. The molecule has 0 aliphatic carbocycles. The van der Waals surface area contributed by atoms with Crippen molar-refractivity contribution in [1.29, 1.82) is 0 Å². The maximum absolute atomic E-state index is 12.7. The van der Waals surface area contributed by atoms with Gasteiger partial charge in [-0.2, -0.15) is 0 Å². The van der Waals surface area contributed by atoms with E-state index in [4.69, 9.17) is 4.74 Å². The van der Waals surface area contributed by atoms with E-state index in [-0.39, 0.29) is 11.9 Å². The molecule has 0 bridgehead atoms. The predicted octanol–water partition coefficient (Wildman–Crippen LogP) is 3.61. The van der Waals surface area contributed by atoms with Crippen molar-refractivity contribution in [3.05, 3.63) is 59.7 Å². The molecule has 0 spiro atoms. The molecule has 1 unspecified atom stereocenters. The number of carbonyl (C=O) groups is 1. The maximum Gasteiger partial charge on any atom is 0.231 e. The van der Waals surface area contributed by atoms with Crippen LogP contribution in [0.25, 0.3) is 0 Å². The van der Waals surface area contributed by atoms with E-state index in [0.717, 1.165) is 23.4 Å². The number of anilines is 1. The van der Waals surface area contributed by atoms with E-state index >= 15 is 0 Å². The number of hydrogen-bond donors (Lipinski definition) is 0. The highest BCUT2D eigenvalue weighted by molar-refractivity contribution is 5.97. The van der Waals surface area contributed by atoms with Crippen molar-refractivity contribution < 1.29 is 9.53 Å². The van der Waals surface area contributed by atoms with Crippen LogP contribution in [-0.4, -0.2) is 18.6 Å². The zero-order valence-corrected chi connectivity index (χ0v) is 13.1. The van der Waals surface area contributed by atoms with Gasteiger partial charge in [-0.1, -0.05) is 30.3 Å². The number of hydrogen-bond acceptors (Lipinski definition) is 2. The molecule has 3 rings (SSSR count). The van der Waals surface area contributed by atoms with Gasteiger partial charge in [0.05, 0.1) is 13.0 Å². The van der Waals surface area contributed by atoms with Gasteiger partial charge in [0.15, 0.2) is 0 Å². The summed E-state index contributed by atoms with van der Waals surface area (Å²) in [6.45, 7) is 4.72. The smallest absolute Gasteiger partial charge is 0.231 e. The second-order valence-electron chi connectivity index (χ2n) is 5.70. The molecule has 1 aliphatic heterocycles. The van der Waals surface area contributed by atoms with E-state index in [1.807, 2.05) is 54.3 Å². The molecule has 1 amide bonds. The lowest BCUT2D eigenvalue weighted by molar-refractivity contribution is -0.118. The predicted molar refractivity (Wildman–Crippen MR) is 88.4 cm³/mol. The zero-order chi connectivity index (χ0) is 15.5. The van der Waals surface area contributed by atoms with E-state index in [1.165, 1.54) is 5.56 Å². The molecular formula is C19H21NO2. The number of benzene rings is 2. The molecule has 0 N–H and O–H groups in total. The van der Waals surface area contributed by atoms with Gasteiger partial charge in [-0.15, -0.1) is 0 Å². The standard InChI is InChI=1S/C19H21NO2/c1-3-22-17-10-8-15(9-11-17)13-19(21)20-14(2)12-16-6-4-5-7-18(16)20/h4-11,14H,3,12-13H2,1-2H3. The summed E-state index contributed by atoms with van der Waals surface area (Å²) in [5.41, 5.74) is 3.34. The minimum Gasteiger partial charge on any atom is -0.494 e. The molecule has 0 radical (unpaired) electrons. The summed E-state index contributed by atoms with van der Waals surface area (Å²) in [5.74, 6) is 1.00. The maximum atomic E-state index is 12.7. The quantitative estimate of drug-likeness (QED) is 0.862. The Morgan fingerprint density at radius 1 is 1.18 bits per heavy atom. The fourth-order valence-electron chi connectivity index (χ4n) is 3.08. The van der Waals surface area contributed by atoms with Crippen LogP contribution in [-0.2, 0) is 17.6 Å². The Balaban J connectivity index is 1.74. The lowest BCUT2D eigenvalue weighted by Gasteiger charge is -2.22. The van der Waals surface area contributed by atoms with Crippen LogP contribution < -0.4 is 9.64 Å². The monoisotopic (exact) mass is 295 g/mol. The Kier molecular flexibility index (Phi) is 4.14. The minimum atomic E-state index is 0.154. The molecule has 3 nitrogen and oxygen atoms in total. The molecule has 22 heavy (non-hydrogen) atoms. The summed E-state index contributed by atoms with van der Waals surface area (Å²) in [7, 11) is 0. The average Bonchev–Trinajstić information content (AvgIpc) is 2.85. The molecule has 1 aliphatic rings. The molecule has 1 atom stereocenters. The number of fused-ring (bicyclic) bond motifs is 1. The molecule has 0 fully saturated rings. The van der Waals surface area contributed by atoms with Gasteiger partial charge in [0.1, 0.15) is 5.75 Å². The first-order chi connectivity index (χ1) is 10.7. The summed E-state index contributed by atoms with van der Waals surface area (Å²) < 4.78 is 5.43. The Labute approximate surface area is 131 Å². The van der Waals surface area contributed by atoms with Crippen LogP contribution in [0.15, 0.2) is 48.5 Å². The zero-order valence-electron chi connectivity index (χ0n) is 13.1. The Hall–Kier alpha value is -2.29. The van der Waals surface area contributed by atoms with Gasteiger partial charge in [0.25, 0.3) is 0 Å². The molecular weight excluding hydrogens is 274 g/mol. The lowest BCUT2D eigenvalue weighted by Crippen LogP contribution is -2.36. The van der Waals surface area contributed by atoms with Crippen LogP contribution >= 0.6 is 0 Å². The van der Waals surface area contributed by atoms with Gasteiger partial charge >= 0.3 is 0 Å². The first kappa shape index (κ1) is 14.6. The van der Waals surface area contributed by atoms with Gasteiger partial charge < -0.3 is 9.64 Å². The first-order valence-corrected chi connectivity index (χ1v) is 7.80. The highest BCUT2D eigenvalue weighted by Crippen LogP contribution is 2.32. The van der Waals surface area contributed by atoms with Crippen LogP contribution in [0.3, 0.4) is 0 Å². The summed E-state index contributed by atoms with van der Waals surface area (Å²) in [6, 6.07) is 16.2. The normalized spacial score (nSPS) is 16.5. The number of ether oxygens (including phenoxy) is 1. The van der Waals surface area contributed by atoms with Gasteiger partial charge in [0, 0.05) is 11.7 Å². The van der Waals surface area contributed by atoms with E-state index in [1.54, 1.807) is 0 Å². The molecule has 3 heteroatoms. The van der Waals surface area contributed by atoms with Crippen molar-refractivity contribution in [1.82, 2.24) is 0 Å². The summed E-state index contributed by atoms with van der Waals surface area (Å²) in [5, 5.41) is 0. The minimum absolute atomic E-state index is 0.154. The average molecular weight is 295 g/mol. The van der Waals surface area contributed by atoms with E-state index < -0.39 is 0 Å². The highest BCUT2D eigenvalue weighted by atomic mass is 16.5. The third-order valence-corrected chi connectivity index (χ3v) is 4.07. The van der Waals surface area contributed by atoms with Crippen molar-refractivity contribution in [2.75, 3.05) is 11.5 Å². The van der Waals surface area contributed by atoms with E-state index in [9.17, 15) is 4.79 Å². The summed E-state index contributed by atoms with van der Waals surface area (Å²) >= 11 is 0. The molecule has 0 saturated carbocycles. The van der Waals surface area contributed by atoms with Gasteiger partial charge in [0.2, 0.25) is 5.91 Å². The third kappa shape index (κ3) is 2.84. The van der Waals surface area contributed by atoms with Gasteiger partial charge in [-0.05, 0) is 49.6 Å². The van der Waals surface area contributed by atoms with Crippen LogP contribution in [0.1, 0.15) is 25.0 Å². The van der Waals surface area contributed by atoms with Gasteiger partial charge in [-0.25, -0.2) is 0 Å². The molecule has 0 aromatic heterocycles. The number of rotatable bonds is 4. The topological polar surface area (TPSA) is 29.5 Å². The molecule has 2 aromatic carbocycles. The second-order valence-corrected chi connectivity index (χ2v) is 5.70. The number of para-hydroxylation sites is 1. The van der Waals surface area contributed by atoms with Crippen LogP contribution in [0, 0.1) is 0 Å². The number of amides is 1. The summed E-state index contributed by atoms with van der Waals surface area (Å²) in [6.07, 6.45) is 1.36. The van der Waals surface area contributed by atoms with Crippen LogP contribution in [0.5, 0.6) is 5.75 Å². The van der Waals surface area contributed by atoms with Crippen molar-refractivity contribution in [3.8, 4) is 5.75 Å². The largest absolute Gasteiger partial charge is 0.494 e. The van der Waals surface area contributed by atoms with Gasteiger partial charge in [-0.3, -0.25) is 4.79 Å². The molecule has 2 aromatic rings. The first-order valence-electron chi connectivity index (χ1n) is 7.80. The fourth-order valence-corrected chi connectivity index (χ4v) is 3.08. The van der Waals surface area contributed by atoms with Crippen molar-refractivity contribution in [2.24, 2.45) is 0 Å². The van der Waals surface area contributed by atoms with Crippen molar-refractivity contribution in [2.45, 2.75) is 32.7 Å². The van der Waals surface area contributed by atoms with E-state index in [2.05, 4.69) is 13.0 Å². The molecule has 114 valence electrons. The SMILES string of the molecule is CCOc1ccc(CC(=O)N2c3ccccc3CC2C)cc1. The Morgan fingerprint density at radius 3 is 2.64 bits per heavy atom. The van der Waals surface area contributed by atoms with E-state index in [0.29, 0.717) is 13.0 Å². The highest BCUT2D eigenvalue weighted by Gasteiger charge is 2.30. The van der Waals surface area contributed by atoms with Crippen molar-refractivity contribution >= 4 is 11.6 Å².